The maximum Gasteiger partial charge on any atom is 0.407 e. The number of fused-ring (bicyclic) bond motifs is 3. The van der Waals surface area contributed by atoms with Crippen LogP contribution in [0.1, 0.15) is 36.8 Å². The van der Waals surface area contributed by atoms with Crippen LogP contribution in [0.25, 0.3) is 11.1 Å². The lowest BCUT2D eigenvalue weighted by Crippen LogP contribution is -2.47. The van der Waals surface area contributed by atoms with E-state index in [4.69, 9.17) is 4.74 Å². The molecule has 0 heterocycles. The Morgan fingerprint density at radius 3 is 2.18 bits per heavy atom. The molecule has 8 nitrogen and oxygen atoms in total. The second kappa shape index (κ2) is 11.7. The summed E-state index contributed by atoms with van der Waals surface area (Å²) in [6, 6.07) is 15.4. The first-order chi connectivity index (χ1) is 16.3. The van der Waals surface area contributed by atoms with Crippen molar-refractivity contribution < 1.29 is 24.2 Å². The number of rotatable bonds is 11. The second-order valence-electron chi connectivity index (χ2n) is 9.07. The molecule has 2 atom stereocenters. The number of carboxylic acids is 1. The van der Waals surface area contributed by atoms with Crippen molar-refractivity contribution in [3.05, 3.63) is 59.7 Å². The zero-order valence-corrected chi connectivity index (χ0v) is 19.9. The molecule has 2 aromatic rings. The number of likely N-dealkylation sites (N-methyl/N-ethyl adjacent to an activating group) is 1. The standard InChI is InChI=1S/C26H33N3O5/c1-17(14-24(30)28-23(25(31)32)15-29(2)3)12-13-27-26(33)34-16-22-20-10-6-4-8-18(20)19-9-5-7-11-21(19)22/h4-11,17,22-23H,12-16H2,1-3H3,(H,27,33)(H,28,30)(H,31,32)/t17?,23-/m0/s1. The Morgan fingerprint density at radius 1 is 1.03 bits per heavy atom. The van der Waals surface area contributed by atoms with Crippen molar-refractivity contribution in [2.24, 2.45) is 5.92 Å². The van der Waals surface area contributed by atoms with Gasteiger partial charge in [0.25, 0.3) is 0 Å². The van der Waals surface area contributed by atoms with Gasteiger partial charge in [0.2, 0.25) is 5.91 Å². The van der Waals surface area contributed by atoms with Gasteiger partial charge in [-0.05, 0) is 48.7 Å². The van der Waals surface area contributed by atoms with Crippen LogP contribution >= 0.6 is 0 Å². The van der Waals surface area contributed by atoms with E-state index >= 15 is 0 Å². The van der Waals surface area contributed by atoms with Gasteiger partial charge in [-0.25, -0.2) is 9.59 Å². The average Bonchev–Trinajstić information content (AvgIpc) is 3.10. The molecule has 3 rings (SSSR count). The van der Waals surface area contributed by atoms with Crippen molar-refractivity contribution >= 4 is 18.0 Å². The Hall–Kier alpha value is -3.39. The van der Waals surface area contributed by atoms with Gasteiger partial charge in [-0.1, -0.05) is 55.5 Å². The average molecular weight is 468 g/mol. The van der Waals surface area contributed by atoms with Crippen LogP contribution in [0.5, 0.6) is 0 Å². The number of amides is 2. The minimum Gasteiger partial charge on any atom is -0.480 e. The summed E-state index contributed by atoms with van der Waals surface area (Å²) in [7, 11) is 3.50. The summed E-state index contributed by atoms with van der Waals surface area (Å²) in [4.78, 5) is 37.5. The van der Waals surface area contributed by atoms with Gasteiger partial charge in [0, 0.05) is 25.4 Å². The molecular formula is C26H33N3O5. The van der Waals surface area contributed by atoms with Crippen LogP contribution in [0.15, 0.2) is 48.5 Å². The fourth-order valence-electron chi connectivity index (χ4n) is 4.29. The van der Waals surface area contributed by atoms with Crippen molar-refractivity contribution in [3.8, 4) is 11.1 Å². The van der Waals surface area contributed by atoms with Gasteiger partial charge in [0.1, 0.15) is 12.6 Å². The molecule has 0 aromatic heterocycles. The highest BCUT2D eigenvalue weighted by molar-refractivity contribution is 5.83. The van der Waals surface area contributed by atoms with Crippen LogP contribution in [-0.4, -0.2) is 67.8 Å². The molecule has 0 fully saturated rings. The Bertz CT molecular complexity index is 978. The van der Waals surface area contributed by atoms with E-state index in [9.17, 15) is 19.5 Å². The van der Waals surface area contributed by atoms with Gasteiger partial charge in [0.05, 0.1) is 0 Å². The van der Waals surface area contributed by atoms with Crippen LogP contribution in [0.4, 0.5) is 4.79 Å². The topological polar surface area (TPSA) is 108 Å². The number of aliphatic carboxylic acids is 1. The third kappa shape index (κ3) is 6.57. The first kappa shape index (κ1) is 25.2. The molecule has 34 heavy (non-hydrogen) atoms. The molecule has 0 bridgehead atoms. The van der Waals surface area contributed by atoms with E-state index in [0.29, 0.717) is 13.0 Å². The Kier molecular flexibility index (Phi) is 8.65. The van der Waals surface area contributed by atoms with Crippen LogP contribution in [0, 0.1) is 5.92 Å². The molecule has 0 saturated carbocycles. The van der Waals surface area contributed by atoms with E-state index in [-0.39, 0.29) is 37.3 Å². The highest BCUT2D eigenvalue weighted by Crippen LogP contribution is 2.44. The third-order valence-electron chi connectivity index (χ3n) is 5.97. The van der Waals surface area contributed by atoms with Crippen LogP contribution in [0.2, 0.25) is 0 Å². The zero-order valence-electron chi connectivity index (χ0n) is 19.9. The van der Waals surface area contributed by atoms with Crippen molar-refractivity contribution in [2.45, 2.75) is 31.7 Å². The van der Waals surface area contributed by atoms with Crippen LogP contribution in [0.3, 0.4) is 0 Å². The lowest BCUT2D eigenvalue weighted by atomic mass is 9.98. The molecule has 1 aliphatic rings. The Labute approximate surface area is 200 Å². The molecule has 0 saturated heterocycles. The first-order valence-electron chi connectivity index (χ1n) is 11.5. The summed E-state index contributed by atoms with van der Waals surface area (Å²) < 4.78 is 5.52. The molecule has 0 aliphatic heterocycles. The van der Waals surface area contributed by atoms with E-state index in [1.54, 1.807) is 19.0 Å². The zero-order chi connectivity index (χ0) is 24.7. The van der Waals surface area contributed by atoms with Gasteiger partial charge in [-0.15, -0.1) is 0 Å². The SMILES string of the molecule is CC(CCNC(=O)OCC1c2ccccc2-c2ccccc21)CC(=O)N[C@@H](CN(C)C)C(=O)O. The minimum atomic E-state index is -1.06. The first-order valence-corrected chi connectivity index (χ1v) is 11.5. The molecule has 8 heteroatoms. The number of nitrogens with zero attached hydrogens (tertiary/aromatic N) is 1. The van der Waals surface area contributed by atoms with E-state index in [0.717, 1.165) is 11.1 Å². The lowest BCUT2D eigenvalue weighted by molar-refractivity contribution is -0.142. The lowest BCUT2D eigenvalue weighted by Gasteiger charge is -2.20. The maximum absolute atomic E-state index is 12.3. The summed E-state index contributed by atoms with van der Waals surface area (Å²) in [6.07, 6.45) is 0.266. The van der Waals surface area contributed by atoms with Gasteiger partial charge < -0.3 is 25.4 Å². The van der Waals surface area contributed by atoms with E-state index < -0.39 is 18.1 Å². The molecule has 1 aliphatic carbocycles. The summed E-state index contributed by atoms with van der Waals surface area (Å²) >= 11 is 0. The van der Waals surface area contributed by atoms with Crippen molar-refractivity contribution in [2.75, 3.05) is 33.8 Å². The Morgan fingerprint density at radius 2 is 1.62 bits per heavy atom. The predicted octanol–water partition coefficient (Wildman–Crippen LogP) is 3.07. The molecule has 1 unspecified atom stereocenters. The smallest absolute Gasteiger partial charge is 0.407 e. The molecule has 2 amide bonds. The monoisotopic (exact) mass is 467 g/mol. The van der Waals surface area contributed by atoms with E-state index in [1.807, 2.05) is 31.2 Å². The predicted molar refractivity (Wildman–Crippen MR) is 130 cm³/mol. The van der Waals surface area contributed by atoms with Gasteiger partial charge in [-0.2, -0.15) is 0 Å². The molecule has 0 spiro atoms. The van der Waals surface area contributed by atoms with Crippen LogP contribution < -0.4 is 10.6 Å². The largest absolute Gasteiger partial charge is 0.480 e. The quantitative estimate of drug-likeness (QED) is 0.469. The number of ether oxygens (including phenoxy) is 1. The molecule has 3 N–H and O–H groups in total. The normalized spacial score (nSPS) is 14.1. The van der Waals surface area contributed by atoms with Gasteiger partial charge in [0.15, 0.2) is 0 Å². The Balaban J connectivity index is 1.41. The number of benzene rings is 2. The number of carbonyl (C=O) groups excluding carboxylic acids is 2. The summed E-state index contributed by atoms with van der Waals surface area (Å²) in [5.41, 5.74) is 4.67. The van der Waals surface area contributed by atoms with Gasteiger partial charge >= 0.3 is 12.1 Å². The van der Waals surface area contributed by atoms with Crippen LogP contribution in [-0.2, 0) is 14.3 Å². The number of carbonyl (C=O) groups is 3. The van der Waals surface area contributed by atoms with Gasteiger partial charge in [-0.3, -0.25) is 4.79 Å². The number of alkyl carbamates (subject to hydrolysis) is 1. The van der Waals surface area contributed by atoms with E-state index in [2.05, 4.69) is 34.9 Å². The summed E-state index contributed by atoms with van der Waals surface area (Å²) in [5.74, 6) is -1.40. The van der Waals surface area contributed by atoms with E-state index in [1.165, 1.54) is 11.1 Å². The minimum absolute atomic E-state index is 0.00474. The second-order valence-corrected chi connectivity index (χ2v) is 9.07. The maximum atomic E-state index is 12.3. The molecular weight excluding hydrogens is 434 g/mol. The van der Waals surface area contributed by atoms with Crippen molar-refractivity contribution in [3.63, 3.8) is 0 Å². The number of hydrogen-bond donors (Lipinski definition) is 3. The number of nitrogens with one attached hydrogen (secondary N) is 2. The third-order valence-corrected chi connectivity index (χ3v) is 5.97. The number of carboxylic acid groups (broad SMARTS) is 1. The summed E-state index contributed by atoms with van der Waals surface area (Å²) in [5, 5.41) is 14.5. The van der Waals surface area contributed by atoms with Crippen molar-refractivity contribution in [1.82, 2.24) is 15.5 Å². The highest BCUT2D eigenvalue weighted by Gasteiger charge is 2.29. The fourth-order valence-corrected chi connectivity index (χ4v) is 4.29. The molecule has 2 aromatic carbocycles. The van der Waals surface area contributed by atoms with Crippen molar-refractivity contribution in [1.29, 1.82) is 0 Å². The highest BCUT2D eigenvalue weighted by atomic mass is 16.5. The molecule has 0 radical (unpaired) electrons. The fraction of sp³-hybridized carbons (Fsp3) is 0.423. The number of hydrogen-bond acceptors (Lipinski definition) is 5. The summed E-state index contributed by atoms with van der Waals surface area (Å²) in [6.45, 7) is 2.73. The molecule has 182 valence electrons.